The maximum absolute atomic E-state index is 6.02. The molecule has 17 heavy (non-hydrogen) atoms. The van der Waals surface area contributed by atoms with Gasteiger partial charge < -0.3 is 5.73 Å². The van der Waals surface area contributed by atoms with E-state index in [4.69, 9.17) is 5.73 Å². The molecule has 0 spiro atoms. The Bertz CT molecular complexity index is 551. The van der Waals surface area contributed by atoms with Gasteiger partial charge in [0.25, 0.3) is 0 Å². The molecule has 2 rings (SSSR count). The quantitative estimate of drug-likeness (QED) is 0.814. The number of anilines is 1. The Balaban J connectivity index is 2.72. The van der Waals surface area contributed by atoms with Crippen LogP contribution in [0.4, 0.5) is 5.82 Å². The molecule has 0 bridgehead atoms. The maximum atomic E-state index is 6.02. The minimum absolute atomic E-state index is 0.559. The van der Waals surface area contributed by atoms with E-state index >= 15 is 0 Å². The lowest BCUT2D eigenvalue weighted by molar-refractivity contribution is 1.02. The van der Waals surface area contributed by atoms with Crippen LogP contribution < -0.4 is 5.73 Å². The topological polar surface area (TPSA) is 51.8 Å². The summed E-state index contributed by atoms with van der Waals surface area (Å²) in [4.78, 5) is 8.64. The molecule has 0 saturated heterocycles. The standard InChI is InChI=1S/C14H17N3/c1-8-5-6-9(2)12(7-8)13-10(3)16-11(4)17-14(13)15/h5-7H,1-4H3,(H2,15,16,17). The molecule has 0 radical (unpaired) electrons. The van der Waals surface area contributed by atoms with E-state index in [-0.39, 0.29) is 0 Å². The third-order valence-electron chi connectivity index (χ3n) is 2.89. The highest BCUT2D eigenvalue weighted by Crippen LogP contribution is 2.30. The number of nitrogens with two attached hydrogens (primary N) is 1. The van der Waals surface area contributed by atoms with Gasteiger partial charge in [0.05, 0.1) is 5.69 Å². The van der Waals surface area contributed by atoms with E-state index in [1.165, 1.54) is 11.1 Å². The van der Waals surface area contributed by atoms with Crippen molar-refractivity contribution < 1.29 is 0 Å². The number of hydrogen-bond donors (Lipinski definition) is 1. The second kappa shape index (κ2) is 4.17. The van der Waals surface area contributed by atoms with Gasteiger partial charge in [0.1, 0.15) is 11.6 Å². The zero-order valence-corrected chi connectivity index (χ0v) is 10.7. The van der Waals surface area contributed by atoms with Crippen LogP contribution in [0.2, 0.25) is 0 Å². The monoisotopic (exact) mass is 227 g/mol. The molecule has 3 nitrogen and oxygen atoms in total. The molecular formula is C14H17N3. The number of nitrogens with zero attached hydrogens (tertiary/aromatic N) is 2. The Labute approximate surface area is 102 Å². The lowest BCUT2D eigenvalue weighted by Crippen LogP contribution is -2.03. The third kappa shape index (κ3) is 2.13. The molecule has 3 heteroatoms. The zero-order valence-electron chi connectivity index (χ0n) is 10.7. The van der Waals surface area contributed by atoms with Crippen molar-refractivity contribution >= 4 is 5.82 Å². The van der Waals surface area contributed by atoms with Crippen LogP contribution in [0.3, 0.4) is 0 Å². The molecule has 0 amide bonds. The van der Waals surface area contributed by atoms with Gasteiger partial charge >= 0.3 is 0 Å². The van der Waals surface area contributed by atoms with Gasteiger partial charge in [0.15, 0.2) is 0 Å². The van der Waals surface area contributed by atoms with E-state index in [1.54, 1.807) is 0 Å². The van der Waals surface area contributed by atoms with Crippen LogP contribution in [-0.4, -0.2) is 9.97 Å². The van der Waals surface area contributed by atoms with Crippen LogP contribution in [0, 0.1) is 27.7 Å². The molecule has 2 aromatic rings. The lowest BCUT2D eigenvalue weighted by atomic mass is 9.98. The van der Waals surface area contributed by atoms with E-state index < -0.39 is 0 Å². The Morgan fingerprint density at radius 2 is 1.71 bits per heavy atom. The summed E-state index contributed by atoms with van der Waals surface area (Å²) in [5.41, 5.74) is 11.4. The van der Waals surface area contributed by atoms with Crippen LogP contribution in [0.5, 0.6) is 0 Å². The van der Waals surface area contributed by atoms with Gasteiger partial charge in [-0.15, -0.1) is 0 Å². The fourth-order valence-corrected chi connectivity index (χ4v) is 2.08. The first-order chi connectivity index (χ1) is 7.99. The van der Waals surface area contributed by atoms with Crippen LogP contribution in [0.25, 0.3) is 11.1 Å². The van der Waals surface area contributed by atoms with Crippen molar-refractivity contribution in [3.8, 4) is 11.1 Å². The van der Waals surface area contributed by atoms with E-state index in [1.807, 2.05) is 13.8 Å². The smallest absolute Gasteiger partial charge is 0.135 e. The minimum atomic E-state index is 0.559. The van der Waals surface area contributed by atoms with Crippen LogP contribution in [-0.2, 0) is 0 Å². The van der Waals surface area contributed by atoms with Crippen molar-refractivity contribution in [3.05, 3.63) is 40.8 Å². The predicted octanol–water partition coefficient (Wildman–Crippen LogP) is 2.96. The highest BCUT2D eigenvalue weighted by Gasteiger charge is 2.12. The normalized spacial score (nSPS) is 10.6. The summed E-state index contributed by atoms with van der Waals surface area (Å²) in [6.45, 7) is 7.98. The van der Waals surface area contributed by atoms with Crippen molar-refractivity contribution in [3.63, 3.8) is 0 Å². The molecule has 0 aliphatic rings. The predicted molar refractivity (Wildman–Crippen MR) is 70.8 cm³/mol. The van der Waals surface area contributed by atoms with E-state index in [0.29, 0.717) is 11.6 Å². The fraction of sp³-hybridized carbons (Fsp3) is 0.286. The Morgan fingerprint density at radius 1 is 1.00 bits per heavy atom. The second-order valence-corrected chi connectivity index (χ2v) is 4.43. The summed E-state index contributed by atoms with van der Waals surface area (Å²) >= 11 is 0. The van der Waals surface area contributed by atoms with E-state index in [9.17, 15) is 0 Å². The zero-order chi connectivity index (χ0) is 12.6. The van der Waals surface area contributed by atoms with Gasteiger partial charge in [-0.1, -0.05) is 23.8 Å². The van der Waals surface area contributed by atoms with Gasteiger partial charge in [0.2, 0.25) is 0 Å². The van der Waals surface area contributed by atoms with E-state index in [2.05, 4.69) is 42.0 Å². The Kier molecular flexibility index (Phi) is 2.84. The second-order valence-electron chi connectivity index (χ2n) is 4.43. The van der Waals surface area contributed by atoms with Gasteiger partial charge in [0, 0.05) is 5.56 Å². The van der Waals surface area contributed by atoms with Crippen molar-refractivity contribution in [1.82, 2.24) is 9.97 Å². The number of rotatable bonds is 1. The number of nitrogen functional groups attached to an aromatic ring is 1. The molecule has 0 atom stereocenters. The average molecular weight is 227 g/mol. The van der Waals surface area contributed by atoms with Crippen LogP contribution >= 0.6 is 0 Å². The highest BCUT2D eigenvalue weighted by molar-refractivity contribution is 5.78. The molecular weight excluding hydrogens is 210 g/mol. The molecule has 1 heterocycles. The molecule has 1 aromatic carbocycles. The number of aryl methyl sites for hydroxylation is 4. The minimum Gasteiger partial charge on any atom is -0.383 e. The molecule has 0 unspecified atom stereocenters. The molecule has 1 aromatic heterocycles. The molecule has 2 N–H and O–H groups in total. The highest BCUT2D eigenvalue weighted by atomic mass is 14.9. The van der Waals surface area contributed by atoms with Crippen LogP contribution in [0.1, 0.15) is 22.6 Å². The molecule has 0 aliphatic heterocycles. The first-order valence-electron chi connectivity index (χ1n) is 5.67. The molecule has 88 valence electrons. The molecule has 0 aliphatic carbocycles. The summed E-state index contributed by atoms with van der Waals surface area (Å²) in [7, 11) is 0. The summed E-state index contributed by atoms with van der Waals surface area (Å²) in [5.74, 6) is 1.28. The van der Waals surface area contributed by atoms with Gasteiger partial charge in [-0.05, 0) is 38.8 Å². The Morgan fingerprint density at radius 3 is 2.35 bits per heavy atom. The first kappa shape index (κ1) is 11.6. The molecule has 0 saturated carbocycles. The average Bonchev–Trinajstić information content (AvgIpc) is 2.21. The van der Waals surface area contributed by atoms with E-state index in [0.717, 1.165) is 16.8 Å². The van der Waals surface area contributed by atoms with Crippen molar-refractivity contribution in [1.29, 1.82) is 0 Å². The fourth-order valence-electron chi connectivity index (χ4n) is 2.08. The van der Waals surface area contributed by atoms with Gasteiger partial charge in [-0.2, -0.15) is 0 Å². The summed E-state index contributed by atoms with van der Waals surface area (Å²) in [6, 6.07) is 6.33. The van der Waals surface area contributed by atoms with Gasteiger partial charge in [-0.25, -0.2) is 9.97 Å². The first-order valence-corrected chi connectivity index (χ1v) is 5.67. The summed E-state index contributed by atoms with van der Waals surface area (Å²) in [6.07, 6.45) is 0. The SMILES string of the molecule is Cc1ccc(C)c(-c2c(C)nc(C)nc2N)c1. The number of aromatic nitrogens is 2. The van der Waals surface area contributed by atoms with Crippen molar-refractivity contribution in [2.24, 2.45) is 0 Å². The van der Waals surface area contributed by atoms with Crippen molar-refractivity contribution in [2.45, 2.75) is 27.7 Å². The Hall–Kier alpha value is -1.90. The van der Waals surface area contributed by atoms with Gasteiger partial charge in [-0.3, -0.25) is 0 Å². The third-order valence-corrected chi connectivity index (χ3v) is 2.89. The summed E-state index contributed by atoms with van der Waals surface area (Å²) < 4.78 is 0. The van der Waals surface area contributed by atoms with Crippen LogP contribution in [0.15, 0.2) is 18.2 Å². The maximum Gasteiger partial charge on any atom is 0.135 e. The molecule has 0 fully saturated rings. The van der Waals surface area contributed by atoms with Crippen molar-refractivity contribution in [2.75, 3.05) is 5.73 Å². The lowest BCUT2D eigenvalue weighted by Gasteiger charge is -2.12. The number of hydrogen-bond acceptors (Lipinski definition) is 3. The summed E-state index contributed by atoms with van der Waals surface area (Å²) in [5, 5.41) is 0. The largest absolute Gasteiger partial charge is 0.383 e. The number of benzene rings is 1.